The molecule has 1 heterocycles. The second kappa shape index (κ2) is 8.50. The van der Waals surface area contributed by atoms with Crippen molar-refractivity contribution in [2.75, 3.05) is 32.8 Å². The largest absolute Gasteiger partial charge is 0.378 e. The summed E-state index contributed by atoms with van der Waals surface area (Å²) in [5, 5.41) is 3.72. The van der Waals surface area contributed by atoms with Crippen molar-refractivity contribution in [1.29, 1.82) is 0 Å². The normalized spacial score (nSPS) is 24.6. The van der Waals surface area contributed by atoms with E-state index in [1.54, 1.807) is 0 Å². The fourth-order valence-corrected chi connectivity index (χ4v) is 4.06. The molecule has 0 aromatic rings. The summed E-state index contributed by atoms with van der Waals surface area (Å²) in [5.41, 5.74) is 0.529. The number of ether oxygens (including phenoxy) is 1. The minimum Gasteiger partial charge on any atom is -0.378 e. The minimum atomic E-state index is 0.516. The number of likely N-dealkylation sites (tertiary alicyclic amines) is 1. The molecule has 21 heavy (non-hydrogen) atoms. The molecule has 1 saturated heterocycles. The average molecular weight is 296 g/mol. The van der Waals surface area contributed by atoms with E-state index >= 15 is 0 Å². The van der Waals surface area contributed by atoms with Crippen LogP contribution in [0, 0.1) is 5.41 Å². The van der Waals surface area contributed by atoms with Gasteiger partial charge in [0.15, 0.2) is 0 Å². The lowest BCUT2D eigenvalue weighted by Crippen LogP contribution is -2.49. The van der Waals surface area contributed by atoms with Gasteiger partial charge >= 0.3 is 0 Å². The highest BCUT2D eigenvalue weighted by Gasteiger charge is 2.34. The van der Waals surface area contributed by atoms with Gasteiger partial charge in [0.25, 0.3) is 0 Å². The maximum Gasteiger partial charge on any atom is 0.0599 e. The van der Waals surface area contributed by atoms with E-state index in [4.69, 9.17) is 4.74 Å². The van der Waals surface area contributed by atoms with Crippen molar-refractivity contribution in [3.05, 3.63) is 0 Å². The third-order valence-corrected chi connectivity index (χ3v) is 5.30. The molecule has 0 aromatic carbocycles. The van der Waals surface area contributed by atoms with Gasteiger partial charge in [-0.05, 0) is 38.0 Å². The molecular formula is C18H36N2O. The quantitative estimate of drug-likeness (QED) is 0.779. The van der Waals surface area contributed by atoms with Crippen LogP contribution in [0.1, 0.15) is 65.7 Å². The van der Waals surface area contributed by atoms with Crippen LogP contribution in [0.3, 0.4) is 0 Å². The lowest BCUT2D eigenvalue weighted by molar-refractivity contribution is -0.000931. The topological polar surface area (TPSA) is 24.5 Å². The maximum atomic E-state index is 5.79. The van der Waals surface area contributed by atoms with E-state index in [0.717, 1.165) is 6.61 Å². The summed E-state index contributed by atoms with van der Waals surface area (Å²) in [7, 11) is 0. The van der Waals surface area contributed by atoms with E-state index in [2.05, 4.69) is 31.0 Å². The van der Waals surface area contributed by atoms with Gasteiger partial charge in [0.1, 0.15) is 0 Å². The molecule has 2 fully saturated rings. The van der Waals surface area contributed by atoms with Crippen LogP contribution in [0.4, 0.5) is 0 Å². The first-order valence-corrected chi connectivity index (χ1v) is 9.21. The molecule has 3 nitrogen and oxygen atoms in total. The monoisotopic (exact) mass is 296 g/mol. The molecule has 0 unspecified atom stereocenters. The van der Waals surface area contributed by atoms with Crippen molar-refractivity contribution < 1.29 is 4.74 Å². The molecule has 1 N–H and O–H groups in total. The lowest BCUT2D eigenvalue weighted by Gasteiger charge is -2.43. The molecule has 0 spiro atoms. The van der Waals surface area contributed by atoms with Gasteiger partial charge < -0.3 is 15.0 Å². The van der Waals surface area contributed by atoms with E-state index in [0.29, 0.717) is 17.6 Å². The van der Waals surface area contributed by atoms with Crippen LogP contribution in [-0.4, -0.2) is 49.8 Å². The van der Waals surface area contributed by atoms with Crippen LogP contribution >= 0.6 is 0 Å². The van der Waals surface area contributed by atoms with Gasteiger partial charge in [0.2, 0.25) is 0 Å². The first-order valence-electron chi connectivity index (χ1n) is 9.21. The van der Waals surface area contributed by atoms with Crippen LogP contribution in [0.2, 0.25) is 0 Å². The Balaban J connectivity index is 1.84. The Bertz CT molecular complexity index is 279. The molecule has 0 atom stereocenters. The van der Waals surface area contributed by atoms with E-state index in [-0.39, 0.29) is 0 Å². The van der Waals surface area contributed by atoms with Crippen molar-refractivity contribution in [3.63, 3.8) is 0 Å². The van der Waals surface area contributed by atoms with Gasteiger partial charge in [-0.2, -0.15) is 0 Å². The zero-order chi connectivity index (χ0) is 15.1. The fourth-order valence-electron chi connectivity index (χ4n) is 4.06. The highest BCUT2D eigenvalue weighted by Crippen LogP contribution is 2.37. The summed E-state index contributed by atoms with van der Waals surface area (Å²) in [6, 6.07) is 0.604. The van der Waals surface area contributed by atoms with Crippen molar-refractivity contribution in [2.45, 2.75) is 77.9 Å². The van der Waals surface area contributed by atoms with Gasteiger partial charge in [-0.1, -0.05) is 33.1 Å². The van der Waals surface area contributed by atoms with Crippen molar-refractivity contribution in [2.24, 2.45) is 5.41 Å². The number of piperidine rings is 1. The third-order valence-electron chi connectivity index (χ3n) is 5.30. The summed E-state index contributed by atoms with van der Waals surface area (Å²) < 4.78 is 5.79. The maximum absolute atomic E-state index is 5.79. The Kier molecular flexibility index (Phi) is 6.97. The van der Waals surface area contributed by atoms with Crippen LogP contribution in [-0.2, 0) is 4.74 Å². The Morgan fingerprint density at radius 3 is 2.38 bits per heavy atom. The molecule has 0 bridgehead atoms. The molecular weight excluding hydrogens is 260 g/mol. The summed E-state index contributed by atoms with van der Waals surface area (Å²) in [6.07, 6.45) is 10.1. The summed E-state index contributed by atoms with van der Waals surface area (Å²) in [6.45, 7) is 12.5. The highest BCUT2D eigenvalue weighted by atomic mass is 16.5. The molecule has 1 aliphatic carbocycles. The number of rotatable bonds is 7. The number of nitrogens with one attached hydrogen (secondary N) is 1. The molecule has 2 aliphatic rings. The lowest BCUT2D eigenvalue weighted by atomic mass is 9.73. The predicted octanol–water partition coefficient (Wildman–Crippen LogP) is 3.44. The zero-order valence-corrected chi connectivity index (χ0v) is 14.5. The fraction of sp³-hybridized carbons (Fsp3) is 1.00. The smallest absolute Gasteiger partial charge is 0.0599 e. The zero-order valence-electron chi connectivity index (χ0n) is 14.5. The molecule has 0 radical (unpaired) electrons. The molecule has 3 heteroatoms. The third kappa shape index (κ3) is 5.54. The van der Waals surface area contributed by atoms with E-state index < -0.39 is 0 Å². The van der Waals surface area contributed by atoms with E-state index in [1.807, 2.05) is 0 Å². The van der Waals surface area contributed by atoms with Crippen molar-refractivity contribution in [3.8, 4) is 0 Å². The first kappa shape index (κ1) is 17.2. The van der Waals surface area contributed by atoms with E-state index in [1.165, 1.54) is 71.1 Å². The SMILES string of the molecule is CCOC1CCN(CC2(CNC(C)C)CCCCC2)CC1. The second-order valence-corrected chi connectivity index (χ2v) is 7.53. The average Bonchev–Trinajstić information content (AvgIpc) is 2.49. The molecule has 1 aliphatic heterocycles. The van der Waals surface area contributed by atoms with Crippen LogP contribution in [0.5, 0.6) is 0 Å². The van der Waals surface area contributed by atoms with Gasteiger partial charge in [0, 0.05) is 38.8 Å². The Hall–Kier alpha value is -0.120. The molecule has 0 aromatic heterocycles. The number of nitrogens with zero attached hydrogens (tertiary/aromatic N) is 1. The Labute approximate surface area is 131 Å². The standard InChI is InChI=1S/C18H36N2O/c1-4-21-17-8-12-20(13-9-17)15-18(14-19-16(2)3)10-6-5-7-11-18/h16-17,19H,4-15H2,1-3H3. The molecule has 1 saturated carbocycles. The highest BCUT2D eigenvalue weighted by molar-refractivity contribution is 4.89. The Morgan fingerprint density at radius 2 is 1.81 bits per heavy atom. The summed E-state index contributed by atoms with van der Waals surface area (Å²) in [5.74, 6) is 0. The molecule has 124 valence electrons. The van der Waals surface area contributed by atoms with Crippen molar-refractivity contribution in [1.82, 2.24) is 10.2 Å². The first-order chi connectivity index (χ1) is 10.1. The molecule has 0 amide bonds. The van der Waals surface area contributed by atoms with E-state index in [9.17, 15) is 0 Å². The summed E-state index contributed by atoms with van der Waals surface area (Å²) >= 11 is 0. The van der Waals surface area contributed by atoms with Gasteiger partial charge in [-0.25, -0.2) is 0 Å². The Morgan fingerprint density at radius 1 is 1.14 bits per heavy atom. The number of hydrogen-bond acceptors (Lipinski definition) is 3. The van der Waals surface area contributed by atoms with Gasteiger partial charge in [0.05, 0.1) is 6.10 Å². The van der Waals surface area contributed by atoms with Gasteiger partial charge in [-0.3, -0.25) is 0 Å². The van der Waals surface area contributed by atoms with Gasteiger partial charge in [-0.15, -0.1) is 0 Å². The molecule has 2 rings (SSSR count). The van der Waals surface area contributed by atoms with Crippen molar-refractivity contribution >= 4 is 0 Å². The second-order valence-electron chi connectivity index (χ2n) is 7.53. The minimum absolute atomic E-state index is 0.516. The van der Waals surface area contributed by atoms with Crippen LogP contribution in [0.25, 0.3) is 0 Å². The number of hydrogen-bond donors (Lipinski definition) is 1. The van der Waals surface area contributed by atoms with Crippen LogP contribution in [0.15, 0.2) is 0 Å². The summed E-state index contributed by atoms with van der Waals surface area (Å²) in [4.78, 5) is 2.71. The predicted molar refractivity (Wildman–Crippen MR) is 89.7 cm³/mol. The van der Waals surface area contributed by atoms with Crippen LogP contribution < -0.4 is 5.32 Å².